The number of nitrogen functional groups attached to an aromatic ring is 1. The molecule has 3 aromatic heterocycles. The van der Waals surface area contributed by atoms with E-state index in [0.717, 1.165) is 16.7 Å². The van der Waals surface area contributed by atoms with Gasteiger partial charge in [-0.05, 0) is 33.2 Å². The highest BCUT2D eigenvalue weighted by atomic mass is 32.2. The smallest absolute Gasteiger partial charge is 0.313 e. The highest BCUT2D eigenvalue weighted by Crippen LogP contribution is 2.45. The Balaban J connectivity index is 0.991. The van der Waals surface area contributed by atoms with Crippen molar-refractivity contribution in [2.24, 2.45) is 10.6 Å². The van der Waals surface area contributed by atoms with Crippen LogP contribution in [0.2, 0.25) is 0 Å². The molecular formula is C37H33N11O5S3. The standard InChI is InChI=1S/C37H33N11O5S3/c1-53-44-28(26-18-54-35(39-26)41-37(22-11-5-2-6-12-22,23-13-7-3-8-14-23)24-15-9-4-10-16-24)31(49)40-29-32(50)47-19-36(34(51)52,21-56-33(29)47)20-55-27-17-25(38)30-42-45-46-48(30)43-27/h2-18,29,33H,19-21,38H2,1H3,(H,39,41)(H,40,49)(H,51,52)/t29?,33-,36?/m1/s1. The van der Waals surface area contributed by atoms with Crippen LogP contribution in [0, 0.1) is 5.41 Å². The molecule has 6 aromatic rings. The Labute approximate surface area is 331 Å². The van der Waals surface area contributed by atoms with Crippen LogP contribution < -0.4 is 16.4 Å². The van der Waals surface area contributed by atoms with Crippen molar-refractivity contribution in [1.82, 2.24) is 40.5 Å². The number of thioether (sulfide) groups is 2. The lowest BCUT2D eigenvalue weighted by molar-refractivity contribution is -0.157. The summed E-state index contributed by atoms with van der Waals surface area (Å²) in [4.78, 5) is 51.4. The quantitative estimate of drug-likeness (QED) is 0.0432. The Kier molecular flexibility index (Phi) is 10.0. The monoisotopic (exact) mass is 807 g/mol. The molecule has 2 aliphatic rings. The van der Waals surface area contributed by atoms with Crippen molar-refractivity contribution < 1.29 is 24.3 Å². The third-order valence-corrected chi connectivity index (χ3v) is 13.2. The first-order chi connectivity index (χ1) is 27.2. The van der Waals surface area contributed by atoms with Crippen LogP contribution in [0.3, 0.4) is 0 Å². The molecule has 56 heavy (non-hydrogen) atoms. The van der Waals surface area contributed by atoms with E-state index in [1.54, 1.807) is 11.4 Å². The fraction of sp³-hybridized carbons (Fsp3) is 0.216. The van der Waals surface area contributed by atoms with E-state index in [9.17, 15) is 19.5 Å². The van der Waals surface area contributed by atoms with Crippen molar-refractivity contribution >= 4 is 74.8 Å². The number of hydrogen-bond donors (Lipinski definition) is 4. The van der Waals surface area contributed by atoms with Crippen LogP contribution in [-0.2, 0) is 24.8 Å². The summed E-state index contributed by atoms with van der Waals surface area (Å²) in [7, 11) is 1.32. The minimum atomic E-state index is -1.29. The maximum Gasteiger partial charge on any atom is 0.313 e. The molecule has 0 radical (unpaired) electrons. The van der Waals surface area contributed by atoms with Crippen LogP contribution in [-0.4, -0.2) is 100 Å². The molecule has 2 fully saturated rings. The number of carbonyl (C=O) groups is 3. The molecule has 2 aliphatic heterocycles. The molecule has 3 aromatic carbocycles. The van der Waals surface area contributed by atoms with Gasteiger partial charge in [0.25, 0.3) is 5.91 Å². The van der Waals surface area contributed by atoms with Gasteiger partial charge < -0.3 is 31.2 Å². The molecule has 0 saturated carbocycles. The summed E-state index contributed by atoms with van der Waals surface area (Å²) in [5.74, 6) is -1.82. The number of anilines is 2. The lowest BCUT2D eigenvalue weighted by atomic mass is 9.77. The number of nitrogens with one attached hydrogen (secondary N) is 2. The van der Waals surface area contributed by atoms with Crippen LogP contribution in [0.5, 0.6) is 0 Å². The number of amides is 2. The van der Waals surface area contributed by atoms with Gasteiger partial charge in [0, 0.05) is 23.4 Å². The lowest BCUT2D eigenvalue weighted by Crippen LogP contribution is -2.74. The maximum atomic E-state index is 13.8. The Morgan fingerprint density at radius 2 is 1.70 bits per heavy atom. The minimum Gasteiger partial charge on any atom is -0.481 e. The summed E-state index contributed by atoms with van der Waals surface area (Å²) in [6.07, 6.45) is 0. The summed E-state index contributed by atoms with van der Waals surface area (Å²) in [6, 6.07) is 30.8. The number of aromatic nitrogens is 6. The molecule has 5 heterocycles. The lowest BCUT2D eigenvalue weighted by Gasteiger charge is -2.53. The Hall–Kier alpha value is -6.05. The third kappa shape index (κ3) is 6.66. The zero-order valence-corrected chi connectivity index (χ0v) is 32.0. The average Bonchev–Trinajstić information content (AvgIpc) is 3.91. The second kappa shape index (κ2) is 15.2. The second-order valence-electron chi connectivity index (χ2n) is 13.1. The van der Waals surface area contributed by atoms with Crippen molar-refractivity contribution in [2.75, 3.05) is 36.2 Å². The normalized spacial score (nSPS) is 19.6. The summed E-state index contributed by atoms with van der Waals surface area (Å²) in [6.45, 7) is -0.0487. The number of carboxylic acids is 1. The number of carbonyl (C=O) groups excluding carboxylic acids is 2. The molecule has 2 amide bonds. The van der Waals surface area contributed by atoms with E-state index in [1.165, 1.54) is 51.5 Å². The molecule has 0 aliphatic carbocycles. The van der Waals surface area contributed by atoms with Crippen LogP contribution in [0.15, 0.2) is 113 Å². The Bertz CT molecular complexity index is 2340. The van der Waals surface area contributed by atoms with Crippen molar-refractivity contribution in [1.29, 1.82) is 0 Å². The molecule has 2 unspecified atom stereocenters. The molecule has 0 spiro atoms. The predicted octanol–water partition coefficient (Wildman–Crippen LogP) is 3.58. The van der Waals surface area contributed by atoms with Crippen LogP contribution in [0.4, 0.5) is 10.8 Å². The van der Waals surface area contributed by atoms with E-state index in [-0.39, 0.29) is 29.5 Å². The molecule has 19 heteroatoms. The van der Waals surface area contributed by atoms with Gasteiger partial charge in [-0.2, -0.15) is 0 Å². The summed E-state index contributed by atoms with van der Waals surface area (Å²) in [5.41, 5.74) is 7.57. The van der Waals surface area contributed by atoms with Gasteiger partial charge in [0.2, 0.25) is 11.6 Å². The first kappa shape index (κ1) is 36.9. The largest absolute Gasteiger partial charge is 0.481 e. The number of fused-ring (bicyclic) bond motifs is 2. The number of rotatable bonds is 13. The van der Waals surface area contributed by atoms with Gasteiger partial charge in [0.1, 0.15) is 40.2 Å². The van der Waals surface area contributed by atoms with Crippen molar-refractivity contribution in [3.63, 3.8) is 0 Å². The highest BCUT2D eigenvalue weighted by Gasteiger charge is 2.57. The van der Waals surface area contributed by atoms with Crippen molar-refractivity contribution in [3.05, 3.63) is 125 Å². The fourth-order valence-electron chi connectivity index (χ4n) is 6.82. The zero-order valence-electron chi connectivity index (χ0n) is 29.6. The van der Waals surface area contributed by atoms with E-state index in [4.69, 9.17) is 15.6 Å². The maximum absolute atomic E-state index is 13.8. The van der Waals surface area contributed by atoms with Gasteiger partial charge in [-0.1, -0.05) is 96.2 Å². The summed E-state index contributed by atoms with van der Waals surface area (Å²) >= 11 is 3.77. The molecule has 16 nitrogen and oxygen atoms in total. The first-order valence-electron chi connectivity index (χ1n) is 17.2. The van der Waals surface area contributed by atoms with Gasteiger partial charge in [-0.3, -0.25) is 14.4 Å². The summed E-state index contributed by atoms with van der Waals surface area (Å²) < 4.78 is 1.18. The van der Waals surface area contributed by atoms with Gasteiger partial charge in [0.15, 0.2) is 10.8 Å². The molecular weight excluding hydrogens is 775 g/mol. The fourth-order valence-corrected chi connectivity index (χ4v) is 10.3. The topological polar surface area (TPSA) is 215 Å². The van der Waals surface area contributed by atoms with E-state index < -0.39 is 40.2 Å². The molecule has 3 atom stereocenters. The predicted molar refractivity (Wildman–Crippen MR) is 212 cm³/mol. The number of thiazole rings is 1. The van der Waals surface area contributed by atoms with E-state index in [1.807, 2.05) is 54.6 Å². The Morgan fingerprint density at radius 1 is 1.05 bits per heavy atom. The average molecular weight is 808 g/mol. The van der Waals surface area contributed by atoms with Crippen LogP contribution >= 0.6 is 34.9 Å². The molecule has 0 bridgehead atoms. The Morgan fingerprint density at radius 3 is 2.30 bits per heavy atom. The van der Waals surface area contributed by atoms with Gasteiger partial charge in [0.05, 0.1) is 5.69 Å². The first-order valence-corrected chi connectivity index (χ1v) is 20.1. The van der Waals surface area contributed by atoms with E-state index in [0.29, 0.717) is 21.5 Å². The van der Waals surface area contributed by atoms with Gasteiger partial charge in [-0.25, -0.2) is 4.98 Å². The van der Waals surface area contributed by atoms with E-state index >= 15 is 0 Å². The van der Waals surface area contributed by atoms with Gasteiger partial charge >= 0.3 is 5.97 Å². The zero-order chi connectivity index (χ0) is 38.9. The number of nitrogens with two attached hydrogens (primary N) is 1. The van der Waals surface area contributed by atoms with Crippen molar-refractivity contribution in [2.45, 2.75) is 22.0 Å². The molecule has 5 N–H and O–H groups in total. The number of benzene rings is 3. The number of β-lactam (4-membered cyclic amide) rings is 1. The van der Waals surface area contributed by atoms with Gasteiger partial charge in [-0.15, -0.1) is 49.7 Å². The van der Waals surface area contributed by atoms with Crippen molar-refractivity contribution in [3.8, 4) is 0 Å². The highest BCUT2D eigenvalue weighted by molar-refractivity contribution is 8.00. The third-order valence-electron chi connectivity index (χ3n) is 9.62. The van der Waals surface area contributed by atoms with Crippen LogP contribution in [0.25, 0.3) is 5.65 Å². The molecule has 284 valence electrons. The van der Waals surface area contributed by atoms with Crippen LogP contribution in [0.1, 0.15) is 22.4 Å². The molecule has 2 saturated heterocycles. The SMILES string of the molecule is CON=C(C(=O)NC1C(=O)N2CC(CSc3cc(N)c4nnnn4n3)(C(=O)O)CS[C@H]12)c1csc(NC(c2ccccc2)(c2ccccc2)c2ccccc2)n1. The number of oxime groups is 1. The number of hydrogen-bond acceptors (Lipinski definition) is 15. The minimum absolute atomic E-state index is 0.0487. The number of tetrazole rings is 1. The van der Waals surface area contributed by atoms with E-state index in [2.05, 4.69) is 72.8 Å². The number of aliphatic carboxylic acids is 1. The summed E-state index contributed by atoms with van der Waals surface area (Å²) in [5, 5.41) is 38.5. The molecule has 8 rings (SSSR count). The number of nitrogens with zero attached hydrogens (tertiary/aromatic N) is 8. The number of carboxylic acid groups (broad SMARTS) is 1. The second-order valence-corrected chi connectivity index (χ2v) is 16.0.